The first-order valence-electron chi connectivity index (χ1n) is 15.8. The third-order valence-electron chi connectivity index (χ3n) is 7.24. The molecular formula is C31H61N3O3. The van der Waals surface area contributed by atoms with Crippen LogP contribution in [0.1, 0.15) is 155 Å². The van der Waals surface area contributed by atoms with Gasteiger partial charge in [-0.15, -0.1) is 0 Å². The minimum Gasteiger partial charge on any atom is -0.356 e. The summed E-state index contributed by atoms with van der Waals surface area (Å²) in [7, 11) is 1.83. The smallest absolute Gasteiger partial charge is 0.219 e. The normalized spacial score (nSPS) is 11.9. The third kappa shape index (κ3) is 24.7. The van der Waals surface area contributed by atoms with Gasteiger partial charge in [0.1, 0.15) is 5.78 Å². The molecule has 0 aromatic heterocycles. The average Bonchev–Trinajstić information content (AvgIpc) is 2.90. The summed E-state index contributed by atoms with van der Waals surface area (Å²) in [6, 6.07) is -0.0597. The Hall–Kier alpha value is -1.43. The molecule has 218 valence electrons. The lowest BCUT2D eigenvalue weighted by atomic mass is 10.0. The molecule has 0 radical (unpaired) electrons. The summed E-state index contributed by atoms with van der Waals surface area (Å²) in [5.74, 6) is 0.519. The minimum absolute atomic E-state index is 0.0597. The highest BCUT2D eigenvalue weighted by Crippen LogP contribution is 2.13. The monoisotopic (exact) mass is 523 g/mol. The summed E-state index contributed by atoms with van der Waals surface area (Å²) in [5, 5.41) is 9.06. The van der Waals surface area contributed by atoms with E-state index in [0.717, 1.165) is 51.4 Å². The number of amides is 2. The Morgan fingerprint density at radius 3 is 1.38 bits per heavy atom. The van der Waals surface area contributed by atoms with Gasteiger partial charge >= 0.3 is 0 Å². The maximum Gasteiger partial charge on any atom is 0.219 e. The first kappa shape index (κ1) is 35.6. The lowest BCUT2D eigenvalue weighted by Crippen LogP contribution is -2.33. The molecule has 37 heavy (non-hydrogen) atoms. The second-order valence-corrected chi connectivity index (χ2v) is 10.7. The second-order valence-electron chi connectivity index (χ2n) is 10.7. The SMILES string of the molecule is CCCCCCCCCCCCCCCC(=O)NCCCCCC(=O)NCCCCC(NC)C(=O)CC. The van der Waals surface area contributed by atoms with Crippen LogP contribution in [-0.4, -0.2) is 43.8 Å². The van der Waals surface area contributed by atoms with Crippen molar-refractivity contribution in [1.29, 1.82) is 0 Å². The third-order valence-corrected chi connectivity index (χ3v) is 7.24. The summed E-state index contributed by atoms with van der Waals surface area (Å²) < 4.78 is 0. The largest absolute Gasteiger partial charge is 0.356 e. The number of nitrogens with one attached hydrogen (secondary N) is 3. The number of rotatable bonds is 28. The molecular weight excluding hydrogens is 462 g/mol. The molecule has 1 atom stereocenters. The van der Waals surface area contributed by atoms with E-state index in [9.17, 15) is 14.4 Å². The van der Waals surface area contributed by atoms with Gasteiger partial charge in [0, 0.05) is 32.4 Å². The highest BCUT2D eigenvalue weighted by Gasteiger charge is 2.13. The highest BCUT2D eigenvalue weighted by atomic mass is 16.2. The topological polar surface area (TPSA) is 87.3 Å². The molecule has 6 heteroatoms. The molecule has 0 spiro atoms. The van der Waals surface area contributed by atoms with Crippen molar-refractivity contribution in [1.82, 2.24) is 16.0 Å². The van der Waals surface area contributed by atoms with Crippen LogP contribution in [0.25, 0.3) is 0 Å². The van der Waals surface area contributed by atoms with Crippen LogP contribution in [0.5, 0.6) is 0 Å². The molecule has 0 heterocycles. The Bertz CT molecular complexity index is 554. The van der Waals surface area contributed by atoms with Gasteiger partial charge in [-0.2, -0.15) is 0 Å². The molecule has 0 aromatic carbocycles. The van der Waals surface area contributed by atoms with Crippen LogP contribution >= 0.6 is 0 Å². The number of unbranched alkanes of at least 4 members (excludes halogenated alkanes) is 15. The summed E-state index contributed by atoms with van der Waals surface area (Å²) in [6.07, 6.45) is 24.3. The molecule has 2 amide bonds. The number of carbonyl (C=O) groups is 3. The van der Waals surface area contributed by atoms with Gasteiger partial charge in [0.05, 0.1) is 6.04 Å². The van der Waals surface area contributed by atoms with Crippen LogP contribution in [-0.2, 0) is 14.4 Å². The zero-order chi connectivity index (χ0) is 27.4. The number of hydrogen-bond acceptors (Lipinski definition) is 4. The van der Waals surface area contributed by atoms with Crippen molar-refractivity contribution in [3.63, 3.8) is 0 Å². The predicted molar refractivity (Wildman–Crippen MR) is 157 cm³/mol. The second kappa shape index (κ2) is 27.6. The summed E-state index contributed by atoms with van der Waals surface area (Å²) in [4.78, 5) is 35.7. The molecule has 0 aliphatic heterocycles. The van der Waals surface area contributed by atoms with Crippen molar-refractivity contribution in [2.24, 2.45) is 0 Å². The number of ketones is 1. The summed E-state index contributed by atoms with van der Waals surface area (Å²) in [6.45, 7) is 5.54. The lowest BCUT2D eigenvalue weighted by molar-refractivity contribution is -0.122. The first-order chi connectivity index (χ1) is 18.0. The van der Waals surface area contributed by atoms with Crippen LogP contribution in [0.15, 0.2) is 0 Å². The van der Waals surface area contributed by atoms with Gasteiger partial charge < -0.3 is 16.0 Å². The molecule has 0 bridgehead atoms. The molecule has 0 saturated heterocycles. The fraction of sp³-hybridized carbons (Fsp3) is 0.903. The van der Waals surface area contributed by atoms with Crippen LogP contribution in [0.2, 0.25) is 0 Å². The van der Waals surface area contributed by atoms with Gasteiger partial charge in [0.2, 0.25) is 11.8 Å². The minimum atomic E-state index is -0.0597. The van der Waals surface area contributed by atoms with Crippen molar-refractivity contribution >= 4 is 17.6 Å². The van der Waals surface area contributed by atoms with E-state index in [1.807, 2.05) is 14.0 Å². The van der Waals surface area contributed by atoms with Gasteiger partial charge in [-0.25, -0.2) is 0 Å². The molecule has 3 N–H and O–H groups in total. The molecule has 1 unspecified atom stereocenters. The lowest BCUT2D eigenvalue weighted by Gasteiger charge is -2.13. The van der Waals surface area contributed by atoms with Gasteiger partial charge in [0.15, 0.2) is 0 Å². The van der Waals surface area contributed by atoms with E-state index >= 15 is 0 Å². The maximum absolute atomic E-state index is 12.0. The van der Waals surface area contributed by atoms with E-state index in [-0.39, 0.29) is 23.6 Å². The average molecular weight is 524 g/mol. The fourth-order valence-corrected chi connectivity index (χ4v) is 4.71. The Balaban J connectivity index is 3.39. The van der Waals surface area contributed by atoms with E-state index in [4.69, 9.17) is 0 Å². The molecule has 0 aromatic rings. The zero-order valence-electron chi connectivity index (χ0n) is 24.8. The summed E-state index contributed by atoms with van der Waals surface area (Å²) in [5.41, 5.74) is 0. The Morgan fingerprint density at radius 1 is 0.541 bits per heavy atom. The Labute approximate surface area is 229 Å². The number of likely N-dealkylation sites (N-methyl/N-ethyl adjacent to an activating group) is 1. The molecule has 0 aliphatic rings. The van der Waals surface area contributed by atoms with Gasteiger partial charge in [0.25, 0.3) is 0 Å². The highest BCUT2D eigenvalue weighted by molar-refractivity contribution is 5.83. The van der Waals surface area contributed by atoms with E-state index in [0.29, 0.717) is 32.4 Å². The Kier molecular flexibility index (Phi) is 26.5. The molecule has 0 fully saturated rings. The maximum atomic E-state index is 12.0. The van der Waals surface area contributed by atoms with Gasteiger partial charge in [-0.1, -0.05) is 97.3 Å². The quantitative estimate of drug-likeness (QED) is 0.0964. The van der Waals surface area contributed by atoms with E-state index < -0.39 is 0 Å². The standard InChI is InChI=1S/C31H61N3O3/c1-4-6-7-8-9-10-11-12-13-14-15-16-18-24-30(36)33-26-21-17-19-25-31(37)34-27-22-20-23-28(32-3)29(35)5-2/h28,32H,4-27H2,1-3H3,(H,33,36)(H,34,37). The van der Waals surface area contributed by atoms with E-state index in [2.05, 4.69) is 22.9 Å². The van der Waals surface area contributed by atoms with Crippen molar-refractivity contribution in [2.45, 2.75) is 161 Å². The molecule has 0 saturated carbocycles. The number of Topliss-reactive ketones (excluding diaryl/α,β-unsaturated/α-hetero) is 1. The van der Waals surface area contributed by atoms with Crippen molar-refractivity contribution in [2.75, 3.05) is 20.1 Å². The van der Waals surface area contributed by atoms with Crippen LogP contribution in [0.3, 0.4) is 0 Å². The first-order valence-corrected chi connectivity index (χ1v) is 15.8. The van der Waals surface area contributed by atoms with Gasteiger partial charge in [-0.3, -0.25) is 14.4 Å². The van der Waals surface area contributed by atoms with Crippen LogP contribution < -0.4 is 16.0 Å². The van der Waals surface area contributed by atoms with Crippen molar-refractivity contribution < 1.29 is 14.4 Å². The Morgan fingerprint density at radius 2 is 0.946 bits per heavy atom. The van der Waals surface area contributed by atoms with Crippen LogP contribution in [0.4, 0.5) is 0 Å². The molecule has 0 rings (SSSR count). The predicted octanol–water partition coefficient (Wildman–Crippen LogP) is 7.00. The van der Waals surface area contributed by atoms with E-state index in [1.54, 1.807) is 0 Å². The van der Waals surface area contributed by atoms with Crippen molar-refractivity contribution in [3.8, 4) is 0 Å². The molecule has 6 nitrogen and oxygen atoms in total. The molecule has 0 aliphatic carbocycles. The van der Waals surface area contributed by atoms with E-state index in [1.165, 1.54) is 70.6 Å². The van der Waals surface area contributed by atoms with Crippen molar-refractivity contribution in [3.05, 3.63) is 0 Å². The number of hydrogen-bond donors (Lipinski definition) is 3. The van der Waals surface area contributed by atoms with Gasteiger partial charge in [-0.05, 0) is 45.6 Å². The zero-order valence-corrected chi connectivity index (χ0v) is 24.8. The van der Waals surface area contributed by atoms with Crippen LogP contribution in [0, 0.1) is 0 Å². The fourth-order valence-electron chi connectivity index (χ4n) is 4.71. The number of carbonyl (C=O) groups excluding carboxylic acids is 3. The summed E-state index contributed by atoms with van der Waals surface area (Å²) >= 11 is 0.